The Morgan fingerprint density at radius 1 is 0.486 bits per heavy atom. The van der Waals surface area contributed by atoms with Crippen LogP contribution in [0.15, 0.2) is 97.5 Å². The molecule has 19 nitrogen and oxygen atoms in total. The first-order valence-corrected chi connectivity index (χ1v) is 22.2. The summed E-state index contributed by atoms with van der Waals surface area (Å²) in [5.74, 6) is -1.74. The van der Waals surface area contributed by atoms with Crippen molar-refractivity contribution >= 4 is 87.0 Å². The molecule has 0 amide bonds. The lowest BCUT2D eigenvalue weighted by molar-refractivity contribution is -0.346. The highest BCUT2D eigenvalue weighted by molar-refractivity contribution is 6.30. The number of aromatic hydroxyl groups is 3. The molecule has 4 aromatic heterocycles. The third-order valence-corrected chi connectivity index (χ3v) is 13.8. The first kappa shape index (κ1) is 45.1. The molecule has 12 rings (SSSR count). The van der Waals surface area contributed by atoms with Crippen LogP contribution in [-0.4, -0.2) is 91.1 Å². The highest BCUT2D eigenvalue weighted by Gasteiger charge is 2.50. The summed E-state index contributed by atoms with van der Waals surface area (Å²) >= 11 is 0. The molecule has 0 saturated carbocycles. The van der Waals surface area contributed by atoms with E-state index in [4.69, 9.17) is 36.6 Å². The fourth-order valence-corrected chi connectivity index (χ4v) is 10.1. The smallest absolute Gasteiger partial charge is 0.348 e. The molecular formula is C51H42O19. The third-order valence-electron chi connectivity index (χ3n) is 13.8. The van der Waals surface area contributed by atoms with Gasteiger partial charge >= 0.3 is 16.9 Å². The normalized spacial score (nSPS) is 25.3. The van der Waals surface area contributed by atoms with Crippen LogP contribution in [0.1, 0.15) is 31.9 Å². The number of hydrogen-bond acceptors (Lipinski definition) is 19. The minimum atomic E-state index is -1.56. The van der Waals surface area contributed by atoms with Gasteiger partial charge in [0, 0.05) is 38.2 Å². The Labute approximate surface area is 390 Å². The number of phenolic OH excluding ortho intramolecular Hbond substituents is 2. The summed E-state index contributed by atoms with van der Waals surface area (Å²) in [4.78, 5) is 51.3. The van der Waals surface area contributed by atoms with Crippen LogP contribution in [0.3, 0.4) is 0 Å². The Morgan fingerprint density at radius 3 is 1.66 bits per heavy atom. The molecule has 360 valence electrons. The molecule has 0 spiro atoms. The topological polar surface area (TPSA) is 299 Å². The van der Waals surface area contributed by atoms with E-state index >= 15 is 0 Å². The summed E-state index contributed by atoms with van der Waals surface area (Å²) in [5, 5.41) is 77.3. The van der Waals surface area contributed by atoms with E-state index in [1.165, 1.54) is 43.3 Å². The fraction of sp³-hybridized carbons (Fsp3) is 0.294. The Hall–Kier alpha value is -7.36. The van der Waals surface area contributed by atoms with Crippen LogP contribution in [0.4, 0.5) is 0 Å². The average molecular weight is 959 g/mol. The number of aryl methyl sites for hydroxylation is 2. The minimum Gasteiger partial charge on any atom is -0.506 e. The van der Waals surface area contributed by atoms with Crippen molar-refractivity contribution in [2.75, 3.05) is 0 Å². The van der Waals surface area contributed by atoms with Gasteiger partial charge in [0.05, 0.1) is 39.9 Å². The zero-order valence-corrected chi connectivity index (χ0v) is 37.6. The van der Waals surface area contributed by atoms with Crippen molar-refractivity contribution in [2.45, 2.75) is 89.9 Å². The zero-order chi connectivity index (χ0) is 49.5. The lowest BCUT2D eigenvalue weighted by Gasteiger charge is -2.45. The number of aliphatic hydroxyl groups excluding tert-OH is 4. The fourth-order valence-electron chi connectivity index (χ4n) is 10.1. The van der Waals surface area contributed by atoms with Crippen LogP contribution in [-0.2, 0) is 14.2 Å². The first-order chi connectivity index (χ1) is 33.4. The number of rotatable bonds is 4. The van der Waals surface area contributed by atoms with Crippen molar-refractivity contribution in [3.63, 3.8) is 0 Å². The molecule has 6 heterocycles. The van der Waals surface area contributed by atoms with Crippen molar-refractivity contribution in [3.8, 4) is 23.2 Å². The van der Waals surface area contributed by atoms with E-state index in [1.54, 1.807) is 52.0 Å². The van der Waals surface area contributed by atoms with Crippen LogP contribution < -0.4 is 27.0 Å². The standard InChI is InChI=1S/C32H32O13.C19H10O6/c1-10-8-9-16-19-17(10)29(38)44-27-18-14(25(36)21(20(19)27)30(39)42-16)6-5-7-15(18)43-32-28(26(37)24(35)13(4)41-32)45-31-23(34)11(2)22(33)12(3)40-31;1-7-5-6-10-13-11(7)18(22)25-17-12-8(3-2-4-9(12)20)16(21)15(14(13)17)19(23)24-10/h5-9,11-13,22-24,26,28,31-37H,1-4H3;2-6,21-22H,1H3/t11?,12?,13?,22-,23-,24+,26+,28?,31-,32+;/m1./s1. The van der Waals surface area contributed by atoms with Gasteiger partial charge in [-0.2, -0.15) is 0 Å². The second-order valence-corrected chi connectivity index (χ2v) is 18.0. The third kappa shape index (κ3) is 6.47. The molecule has 2 aliphatic rings. The van der Waals surface area contributed by atoms with Crippen LogP contribution in [0.25, 0.3) is 87.0 Å². The summed E-state index contributed by atoms with van der Waals surface area (Å²) < 4.78 is 46.1. The molecule has 2 aliphatic heterocycles. The number of phenols is 2. The Morgan fingerprint density at radius 2 is 1.01 bits per heavy atom. The predicted molar refractivity (Wildman–Crippen MR) is 251 cm³/mol. The van der Waals surface area contributed by atoms with Gasteiger partial charge in [0.1, 0.15) is 57.5 Å². The number of benzene rings is 6. The second kappa shape index (κ2) is 16.1. The highest BCUT2D eigenvalue weighted by Crippen LogP contribution is 2.47. The number of fused-ring (bicyclic) bond motifs is 4. The maximum atomic E-state index is 13.3. The van der Waals surface area contributed by atoms with E-state index in [0.717, 1.165) is 0 Å². The molecule has 70 heavy (non-hydrogen) atoms. The largest absolute Gasteiger partial charge is 0.506 e. The molecule has 2 fully saturated rings. The molecule has 6 aromatic carbocycles. The summed E-state index contributed by atoms with van der Waals surface area (Å²) in [5.41, 5.74) is -0.951. The molecule has 4 unspecified atom stereocenters. The molecule has 0 bridgehead atoms. The van der Waals surface area contributed by atoms with Gasteiger partial charge in [0.2, 0.25) is 6.29 Å². The Bertz CT molecular complexity index is 4020. The van der Waals surface area contributed by atoms with Crippen molar-refractivity contribution < 1.29 is 72.4 Å². The number of hydrogen-bond donors (Lipinski definition) is 7. The van der Waals surface area contributed by atoms with Gasteiger partial charge in [-0.25, -0.2) is 14.4 Å². The Balaban J connectivity index is 0.000000179. The lowest BCUT2D eigenvalue weighted by Crippen LogP contribution is -2.62. The van der Waals surface area contributed by atoms with E-state index in [2.05, 4.69) is 0 Å². The quantitative estimate of drug-likeness (QED) is 0.0664. The Kier molecular flexibility index (Phi) is 10.4. The van der Waals surface area contributed by atoms with Crippen LogP contribution in [0.5, 0.6) is 23.2 Å². The van der Waals surface area contributed by atoms with E-state index < -0.39 is 83.9 Å². The van der Waals surface area contributed by atoms with E-state index in [1.807, 2.05) is 0 Å². The first-order valence-electron chi connectivity index (χ1n) is 22.2. The van der Waals surface area contributed by atoms with E-state index in [-0.39, 0.29) is 93.7 Å². The van der Waals surface area contributed by atoms with Gasteiger partial charge in [0.15, 0.2) is 29.0 Å². The van der Waals surface area contributed by atoms with Crippen LogP contribution >= 0.6 is 0 Å². The summed E-state index contributed by atoms with van der Waals surface area (Å²) in [6, 6.07) is 15.4. The molecule has 10 aromatic rings. The summed E-state index contributed by atoms with van der Waals surface area (Å²) in [6.07, 6.45) is -11.0. The SMILES string of the molecule is Cc1ccc2oc(=O)c3c(O)c4cccc(=O)c4c4oc(O)c1c2c34.Cc1ccc2oc(=O)c3c(O)c4cccc(O[C@@H]5OC(C)[C@H](O)[C@H](O)C5O[C@H]5OC(C)[C@H](O)C(C)[C@H]5O)c4c4oc(=O)c1c2c34. The van der Waals surface area contributed by atoms with Gasteiger partial charge in [-0.15, -0.1) is 0 Å². The predicted octanol–water partition coefficient (Wildman–Crippen LogP) is 5.35. The molecule has 10 atom stereocenters. The molecular weight excluding hydrogens is 917 g/mol. The van der Waals surface area contributed by atoms with Crippen molar-refractivity contribution in [1.29, 1.82) is 0 Å². The zero-order valence-electron chi connectivity index (χ0n) is 37.6. The number of ether oxygens (including phenoxy) is 4. The van der Waals surface area contributed by atoms with Gasteiger partial charge in [0.25, 0.3) is 5.95 Å². The minimum absolute atomic E-state index is 0.0293. The lowest BCUT2D eigenvalue weighted by atomic mass is 9.91. The van der Waals surface area contributed by atoms with Crippen molar-refractivity contribution in [1.82, 2.24) is 0 Å². The molecule has 7 N–H and O–H groups in total. The second-order valence-electron chi connectivity index (χ2n) is 18.0. The monoisotopic (exact) mass is 958 g/mol. The molecule has 2 saturated heterocycles. The molecule has 0 radical (unpaired) electrons. The number of aliphatic hydroxyl groups is 4. The average Bonchev–Trinajstić information content (AvgIpc) is 3.32. The van der Waals surface area contributed by atoms with Crippen molar-refractivity contribution in [3.05, 3.63) is 113 Å². The maximum absolute atomic E-state index is 13.3. The maximum Gasteiger partial charge on any atom is 0.348 e. The van der Waals surface area contributed by atoms with Crippen LogP contribution in [0, 0.1) is 19.8 Å². The van der Waals surface area contributed by atoms with E-state index in [0.29, 0.717) is 27.3 Å². The highest BCUT2D eigenvalue weighted by atomic mass is 16.8. The van der Waals surface area contributed by atoms with Gasteiger partial charge in [-0.1, -0.05) is 43.3 Å². The van der Waals surface area contributed by atoms with Gasteiger partial charge in [-0.05, 0) is 63.1 Å². The van der Waals surface area contributed by atoms with Gasteiger partial charge < -0.3 is 72.4 Å². The summed E-state index contributed by atoms with van der Waals surface area (Å²) in [7, 11) is 0. The van der Waals surface area contributed by atoms with Crippen LogP contribution in [0.2, 0.25) is 0 Å². The van der Waals surface area contributed by atoms with Crippen molar-refractivity contribution in [2.24, 2.45) is 5.92 Å². The van der Waals surface area contributed by atoms with E-state index in [9.17, 15) is 54.9 Å². The molecule has 19 heteroatoms. The summed E-state index contributed by atoms with van der Waals surface area (Å²) in [6.45, 7) is 8.25. The van der Waals surface area contributed by atoms with Gasteiger partial charge in [-0.3, -0.25) is 4.79 Å². The molecule has 0 aliphatic carbocycles.